The monoisotopic (exact) mass is 225 g/mol. The van der Waals surface area contributed by atoms with E-state index < -0.39 is 0 Å². The summed E-state index contributed by atoms with van der Waals surface area (Å²) in [5.74, 6) is 0.317. The molecule has 0 heterocycles. The predicted octanol–water partition coefficient (Wildman–Crippen LogP) is 2.31. The second-order valence-electron chi connectivity index (χ2n) is 3.73. The van der Waals surface area contributed by atoms with Crippen molar-refractivity contribution in [1.29, 1.82) is 0 Å². The van der Waals surface area contributed by atoms with Gasteiger partial charge in [-0.2, -0.15) is 0 Å². The molecule has 0 aliphatic rings. The van der Waals surface area contributed by atoms with Gasteiger partial charge in [0.25, 0.3) is 0 Å². The molecular weight excluding hydrogens is 210 g/mol. The molecule has 0 aromatic heterocycles. The molecule has 0 aliphatic heterocycles. The molecule has 2 nitrogen and oxygen atoms in total. The molecule has 1 rings (SSSR count). The second-order valence-corrected chi connectivity index (χ2v) is 4.16. The van der Waals surface area contributed by atoms with E-state index >= 15 is 0 Å². The fourth-order valence-electron chi connectivity index (χ4n) is 1.40. The van der Waals surface area contributed by atoms with E-state index in [1.165, 1.54) is 0 Å². The molecular formula is C12H16ClNO. The Hall–Kier alpha value is -0.860. The average molecular weight is 226 g/mol. The van der Waals surface area contributed by atoms with Crippen molar-refractivity contribution in [2.24, 2.45) is 5.92 Å². The number of carbonyl (C=O) groups is 1. The topological polar surface area (TPSA) is 29.1 Å². The van der Waals surface area contributed by atoms with Gasteiger partial charge in [-0.3, -0.25) is 4.79 Å². The van der Waals surface area contributed by atoms with Crippen molar-refractivity contribution in [1.82, 2.24) is 5.32 Å². The van der Waals surface area contributed by atoms with E-state index in [9.17, 15) is 4.79 Å². The summed E-state index contributed by atoms with van der Waals surface area (Å²) >= 11 is 5.77. The van der Waals surface area contributed by atoms with E-state index in [4.69, 9.17) is 11.6 Å². The zero-order valence-electron chi connectivity index (χ0n) is 9.09. The number of hydrogen-bond acceptors (Lipinski definition) is 2. The summed E-state index contributed by atoms with van der Waals surface area (Å²) in [5, 5.41) is 3.70. The number of nitrogens with one attached hydrogen (secondary N) is 1. The molecule has 1 aromatic carbocycles. The van der Waals surface area contributed by atoms with Crippen LogP contribution in [0.3, 0.4) is 0 Å². The smallest absolute Gasteiger partial charge is 0.141 e. The molecule has 0 aliphatic carbocycles. The van der Waals surface area contributed by atoms with Crippen molar-refractivity contribution in [2.75, 3.05) is 13.6 Å². The number of halogens is 1. The van der Waals surface area contributed by atoms with Crippen LogP contribution in [0.4, 0.5) is 0 Å². The quantitative estimate of drug-likeness (QED) is 0.833. The first-order chi connectivity index (χ1) is 7.13. The van der Waals surface area contributed by atoms with Crippen molar-refractivity contribution in [3.05, 3.63) is 34.9 Å². The van der Waals surface area contributed by atoms with Gasteiger partial charge in [0, 0.05) is 23.9 Å². The van der Waals surface area contributed by atoms with Crippen molar-refractivity contribution in [3.8, 4) is 0 Å². The highest BCUT2D eigenvalue weighted by molar-refractivity contribution is 6.30. The van der Waals surface area contributed by atoms with Crippen LogP contribution in [0.2, 0.25) is 5.02 Å². The molecule has 0 spiro atoms. The van der Waals surface area contributed by atoms with Gasteiger partial charge in [-0.05, 0) is 24.7 Å². The molecule has 1 aromatic rings. The maximum atomic E-state index is 11.7. The maximum Gasteiger partial charge on any atom is 0.141 e. The molecule has 1 unspecified atom stereocenters. The first-order valence-corrected chi connectivity index (χ1v) is 5.43. The largest absolute Gasteiger partial charge is 0.319 e. The molecule has 0 saturated heterocycles. The highest BCUT2D eigenvalue weighted by Gasteiger charge is 2.12. The summed E-state index contributed by atoms with van der Waals surface area (Å²) in [6, 6.07) is 7.42. The van der Waals surface area contributed by atoms with Crippen LogP contribution in [-0.4, -0.2) is 19.4 Å². The summed E-state index contributed by atoms with van der Waals surface area (Å²) in [5.41, 5.74) is 1.02. The molecule has 3 heteroatoms. The number of benzene rings is 1. The molecule has 1 atom stereocenters. The van der Waals surface area contributed by atoms with E-state index in [0.29, 0.717) is 11.4 Å². The Balaban J connectivity index is 2.54. The standard InChI is InChI=1S/C12H16ClNO/c1-9(8-14-2)12(15)7-10-3-5-11(13)6-4-10/h3-6,9,14H,7-8H2,1-2H3. The third-order valence-corrected chi connectivity index (χ3v) is 2.60. The summed E-state index contributed by atoms with van der Waals surface area (Å²) in [4.78, 5) is 11.7. The number of rotatable bonds is 5. The van der Waals surface area contributed by atoms with Gasteiger partial charge in [0.05, 0.1) is 0 Å². The van der Waals surface area contributed by atoms with Gasteiger partial charge in [0.2, 0.25) is 0 Å². The average Bonchev–Trinajstić information content (AvgIpc) is 2.22. The first kappa shape index (κ1) is 12.2. The maximum absolute atomic E-state index is 11.7. The van der Waals surface area contributed by atoms with Gasteiger partial charge in [-0.1, -0.05) is 30.7 Å². The van der Waals surface area contributed by atoms with Gasteiger partial charge >= 0.3 is 0 Å². The van der Waals surface area contributed by atoms with Crippen molar-refractivity contribution < 1.29 is 4.79 Å². The fraction of sp³-hybridized carbons (Fsp3) is 0.417. The van der Waals surface area contributed by atoms with Crippen molar-refractivity contribution in [2.45, 2.75) is 13.3 Å². The predicted molar refractivity (Wildman–Crippen MR) is 63.3 cm³/mol. The van der Waals surface area contributed by atoms with Gasteiger partial charge in [0.15, 0.2) is 0 Å². The van der Waals surface area contributed by atoms with Gasteiger partial charge in [0.1, 0.15) is 5.78 Å². The number of hydrogen-bond donors (Lipinski definition) is 1. The Bertz CT molecular complexity index is 321. The Kier molecular flexibility index (Phi) is 4.79. The second kappa shape index (κ2) is 5.89. The molecule has 0 radical (unpaired) electrons. The Morgan fingerprint density at radius 3 is 2.53 bits per heavy atom. The van der Waals surface area contributed by atoms with Crippen molar-refractivity contribution in [3.63, 3.8) is 0 Å². The van der Waals surface area contributed by atoms with Crippen LogP contribution in [0.25, 0.3) is 0 Å². The van der Waals surface area contributed by atoms with Gasteiger partial charge < -0.3 is 5.32 Å². The first-order valence-electron chi connectivity index (χ1n) is 5.05. The third kappa shape index (κ3) is 4.02. The van der Waals surface area contributed by atoms with E-state index in [0.717, 1.165) is 12.1 Å². The van der Waals surface area contributed by atoms with E-state index in [1.54, 1.807) is 0 Å². The lowest BCUT2D eigenvalue weighted by molar-refractivity contribution is -0.121. The minimum Gasteiger partial charge on any atom is -0.319 e. The third-order valence-electron chi connectivity index (χ3n) is 2.35. The summed E-state index contributed by atoms with van der Waals surface area (Å²) in [6.07, 6.45) is 0.486. The molecule has 15 heavy (non-hydrogen) atoms. The van der Waals surface area contributed by atoms with Crippen LogP contribution in [0, 0.1) is 5.92 Å². The minimum atomic E-state index is 0.0608. The highest BCUT2D eigenvalue weighted by Crippen LogP contribution is 2.11. The summed E-state index contributed by atoms with van der Waals surface area (Å²) < 4.78 is 0. The normalized spacial score (nSPS) is 12.5. The van der Waals surface area contributed by atoms with Crippen LogP contribution in [0.1, 0.15) is 12.5 Å². The van der Waals surface area contributed by atoms with Crippen LogP contribution >= 0.6 is 11.6 Å². The molecule has 0 amide bonds. The summed E-state index contributed by atoms with van der Waals surface area (Å²) in [6.45, 7) is 2.67. The SMILES string of the molecule is CNCC(C)C(=O)Cc1ccc(Cl)cc1. The summed E-state index contributed by atoms with van der Waals surface area (Å²) in [7, 11) is 1.85. The lowest BCUT2D eigenvalue weighted by Crippen LogP contribution is -2.24. The van der Waals surface area contributed by atoms with Gasteiger partial charge in [-0.25, -0.2) is 0 Å². The Labute approximate surface area is 95.6 Å². The zero-order valence-corrected chi connectivity index (χ0v) is 9.84. The van der Waals surface area contributed by atoms with Crippen LogP contribution in [0.15, 0.2) is 24.3 Å². The van der Waals surface area contributed by atoms with E-state index in [-0.39, 0.29) is 11.7 Å². The zero-order chi connectivity index (χ0) is 11.3. The molecule has 0 saturated carbocycles. The van der Waals surface area contributed by atoms with E-state index in [1.807, 2.05) is 38.2 Å². The number of Topliss-reactive ketones (excluding diaryl/α,β-unsaturated/α-hetero) is 1. The van der Waals surface area contributed by atoms with Crippen LogP contribution in [0.5, 0.6) is 0 Å². The van der Waals surface area contributed by atoms with Gasteiger partial charge in [-0.15, -0.1) is 0 Å². The molecule has 82 valence electrons. The number of ketones is 1. The number of carbonyl (C=O) groups excluding carboxylic acids is 1. The molecule has 0 bridgehead atoms. The van der Waals surface area contributed by atoms with Crippen LogP contribution < -0.4 is 5.32 Å². The Morgan fingerprint density at radius 2 is 2.00 bits per heavy atom. The lowest BCUT2D eigenvalue weighted by Gasteiger charge is -2.09. The van der Waals surface area contributed by atoms with Crippen LogP contribution in [-0.2, 0) is 11.2 Å². The minimum absolute atomic E-state index is 0.0608. The fourth-order valence-corrected chi connectivity index (χ4v) is 1.52. The lowest BCUT2D eigenvalue weighted by atomic mass is 9.99. The molecule has 0 fully saturated rings. The van der Waals surface area contributed by atoms with Crippen molar-refractivity contribution >= 4 is 17.4 Å². The Morgan fingerprint density at radius 1 is 1.40 bits per heavy atom. The highest BCUT2D eigenvalue weighted by atomic mass is 35.5. The van der Waals surface area contributed by atoms with E-state index in [2.05, 4.69) is 5.32 Å². The molecule has 1 N–H and O–H groups in total.